The second kappa shape index (κ2) is 9.21. The average molecular weight is 408 g/mol. The van der Waals surface area contributed by atoms with E-state index < -0.39 is 0 Å². The Balaban J connectivity index is 1.23. The second-order valence-electron chi connectivity index (χ2n) is 8.01. The number of piperidine rings is 1. The Bertz CT molecular complexity index is 978. The predicted octanol–water partition coefficient (Wildman–Crippen LogP) is 2.18. The fourth-order valence-corrected chi connectivity index (χ4v) is 3.98. The number of benzene rings is 1. The van der Waals surface area contributed by atoms with Crippen molar-refractivity contribution in [1.82, 2.24) is 29.7 Å². The Labute approximate surface area is 176 Å². The number of aryl methyl sites for hydroxylation is 1. The van der Waals surface area contributed by atoms with Crippen LogP contribution in [0.15, 0.2) is 43.0 Å². The normalized spacial score (nSPS) is 15.4. The van der Waals surface area contributed by atoms with Gasteiger partial charge in [-0.25, -0.2) is 15.0 Å². The summed E-state index contributed by atoms with van der Waals surface area (Å²) in [5, 5.41) is 3.17. The third-order valence-electron chi connectivity index (χ3n) is 5.64. The third-order valence-corrected chi connectivity index (χ3v) is 5.64. The third kappa shape index (κ3) is 4.59. The van der Waals surface area contributed by atoms with Crippen LogP contribution < -0.4 is 10.2 Å². The zero-order valence-corrected chi connectivity index (χ0v) is 17.7. The number of carbonyl (C=O) groups excluding carboxylic acids is 1. The summed E-state index contributed by atoms with van der Waals surface area (Å²) < 4.78 is 2.11. The molecule has 1 N–H and O–H groups in total. The van der Waals surface area contributed by atoms with Gasteiger partial charge in [-0.05, 0) is 37.9 Å². The maximum absolute atomic E-state index is 12.3. The molecule has 8 nitrogen and oxygen atoms in total. The second-order valence-corrected chi connectivity index (χ2v) is 8.01. The fraction of sp³-hybridized carbons (Fsp3) is 0.455. The summed E-state index contributed by atoms with van der Waals surface area (Å²) in [6, 6.07) is 9.69. The highest BCUT2D eigenvalue weighted by molar-refractivity contribution is 5.94. The molecular weight excluding hydrogens is 378 g/mol. The Kier molecular flexibility index (Phi) is 6.23. The van der Waals surface area contributed by atoms with E-state index in [0.29, 0.717) is 0 Å². The maximum atomic E-state index is 12.3. The number of nitrogens with zero attached hydrogens (tertiary/aromatic N) is 6. The van der Waals surface area contributed by atoms with Crippen LogP contribution in [-0.4, -0.2) is 70.1 Å². The molecule has 4 rings (SSSR count). The standard InChI is InChI=1S/C22H29N7O/c1-27(2)20-19-21(24-15-23-20)29(16-25-19)12-6-11-28-13-9-18(10-14-28)26-22(30)17-7-4-3-5-8-17/h3-5,7-8,15-16,18H,6,9-14H2,1-2H3,(H,26,30). The average Bonchev–Trinajstić information content (AvgIpc) is 3.18. The van der Waals surface area contributed by atoms with Crippen molar-refractivity contribution in [3.8, 4) is 0 Å². The molecule has 0 unspecified atom stereocenters. The van der Waals surface area contributed by atoms with Gasteiger partial charge in [-0.15, -0.1) is 0 Å². The zero-order valence-electron chi connectivity index (χ0n) is 17.7. The van der Waals surface area contributed by atoms with E-state index in [1.807, 2.05) is 55.7 Å². The van der Waals surface area contributed by atoms with Gasteiger partial charge in [0.05, 0.1) is 6.33 Å². The number of fused-ring (bicyclic) bond motifs is 1. The number of aromatic nitrogens is 4. The van der Waals surface area contributed by atoms with E-state index in [4.69, 9.17) is 0 Å². The number of rotatable bonds is 7. The highest BCUT2D eigenvalue weighted by Crippen LogP contribution is 2.19. The number of likely N-dealkylation sites (tertiary alicyclic amines) is 1. The smallest absolute Gasteiger partial charge is 0.251 e. The van der Waals surface area contributed by atoms with E-state index in [9.17, 15) is 4.79 Å². The molecule has 0 saturated carbocycles. The van der Waals surface area contributed by atoms with E-state index in [1.165, 1.54) is 0 Å². The lowest BCUT2D eigenvalue weighted by atomic mass is 10.0. The lowest BCUT2D eigenvalue weighted by molar-refractivity contribution is 0.0910. The van der Waals surface area contributed by atoms with Crippen molar-refractivity contribution in [2.24, 2.45) is 0 Å². The van der Waals surface area contributed by atoms with Crippen molar-refractivity contribution in [1.29, 1.82) is 0 Å². The summed E-state index contributed by atoms with van der Waals surface area (Å²) in [5.41, 5.74) is 2.46. The minimum absolute atomic E-state index is 0.0279. The summed E-state index contributed by atoms with van der Waals surface area (Å²) in [7, 11) is 3.93. The monoisotopic (exact) mass is 407 g/mol. The summed E-state index contributed by atoms with van der Waals surface area (Å²) in [6.07, 6.45) is 6.48. The van der Waals surface area contributed by atoms with Crippen LogP contribution in [-0.2, 0) is 6.54 Å². The van der Waals surface area contributed by atoms with E-state index in [-0.39, 0.29) is 11.9 Å². The molecule has 1 saturated heterocycles. The first-order valence-electron chi connectivity index (χ1n) is 10.5. The van der Waals surface area contributed by atoms with Gasteiger partial charge < -0.3 is 19.7 Å². The van der Waals surface area contributed by atoms with Crippen LogP contribution in [0.2, 0.25) is 0 Å². The molecule has 3 heterocycles. The van der Waals surface area contributed by atoms with Crippen molar-refractivity contribution < 1.29 is 4.79 Å². The molecule has 8 heteroatoms. The van der Waals surface area contributed by atoms with Crippen LogP contribution in [0.5, 0.6) is 0 Å². The van der Waals surface area contributed by atoms with Crippen LogP contribution in [0.1, 0.15) is 29.6 Å². The van der Waals surface area contributed by atoms with Gasteiger partial charge in [0.15, 0.2) is 17.0 Å². The summed E-state index contributed by atoms with van der Waals surface area (Å²) in [5.74, 6) is 0.874. The Morgan fingerprint density at radius 3 is 2.60 bits per heavy atom. The number of imidazole rings is 1. The Morgan fingerprint density at radius 1 is 1.10 bits per heavy atom. The SMILES string of the molecule is CN(C)c1ncnc2c1ncn2CCCN1CCC(NC(=O)c2ccccc2)CC1. The molecule has 2 aromatic heterocycles. The van der Waals surface area contributed by atoms with Gasteiger partial charge in [0.1, 0.15) is 6.33 Å². The van der Waals surface area contributed by atoms with Crippen LogP contribution in [0.4, 0.5) is 5.82 Å². The molecule has 3 aromatic rings. The molecular formula is C22H29N7O. The van der Waals surface area contributed by atoms with E-state index >= 15 is 0 Å². The van der Waals surface area contributed by atoms with Crippen LogP contribution >= 0.6 is 0 Å². The molecule has 1 aromatic carbocycles. The number of hydrogen-bond donors (Lipinski definition) is 1. The first-order chi connectivity index (χ1) is 14.6. The number of hydrogen-bond acceptors (Lipinski definition) is 6. The Morgan fingerprint density at radius 2 is 1.87 bits per heavy atom. The molecule has 158 valence electrons. The number of amides is 1. The Hall–Kier alpha value is -3.00. The molecule has 1 aliphatic rings. The van der Waals surface area contributed by atoms with Gasteiger partial charge in [-0.1, -0.05) is 18.2 Å². The van der Waals surface area contributed by atoms with Crippen LogP contribution in [0, 0.1) is 0 Å². The molecule has 0 bridgehead atoms. The van der Waals surface area contributed by atoms with Gasteiger partial charge in [0, 0.05) is 45.3 Å². The minimum atomic E-state index is 0.0279. The summed E-state index contributed by atoms with van der Waals surface area (Å²) >= 11 is 0. The first kappa shape index (κ1) is 20.3. The van der Waals surface area contributed by atoms with Crippen molar-refractivity contribution in [3.63, 3.8) is 0 Å². The van der Waals surface area contributed by atoms with Gasteiger partial charge in [0.2, 0.25) is 0 Å². The highest BCUT2D eigenvalue weighted by Gasteiger charge is 2.21. The molecule has 0 spiro atoms. The lowest BCUT2D eigenvalue weighted by Gasteiger charge is -2.32. The largest absolute Gasteiger partial charge is 0.361 e. The van der Waals surface area contributed by atoms with Crippen molar-refractivity contribution >= 4 is 22.9 Å². The summed E-state index contributed by atoms with van der Waals surface area (Å²) in [4.78, 5) is 30.0. The predicted molar refractivity (Wildman–Crippen MR) is 118 cm³/mol. The van der Waals surface area contributed by atoms with Crippen molar-refractivity contribution in [3.05, 3.63) is 48.5 Å². The minimum Gasteiger partial charge on any atom is -0.361 e. The molecule has 30 heavy (non-hydrogen) atoms. The van der Waals surface area contributed by atoms with Crippen LogP contribution in [0.25, 0.3) is 11.2 Å². The van der Waals surface area contributed by atoms with Gasteiger partial charge in [-0.2, -0.15) is 0 Å². The first-order valence-corrected chi connectivity index (χ1v) is 10.5. The van der Waals surface area contributed by atoms with Gasteiger partial charge in [0.25, 0.3) is 5.91 Å². The molecule has 1 fully saturated rings. The quantitative estimate of drug-likeness (QED) is 0.647. The molecule has 0 atom stereocenters. The van der Waals surface area contributed by atoms with Gasteiger partial charge >= 0.3 is 0 Å². The van der Waals surface area contributed by atoms with Crippen molar-refractivity contribution in [2.45, 2.75) is 31.8 Å². The van der Waals surface area contributed by atoms with E-state index in [2.05, 4.69) is 29.7 Å². The zero-order chi connectivity index (χ0) is 20.9. The number of nitrogens with one attached hydrogen (secondary N) is 1. The van der Waals surface area contributed by atoms with E-state index in [0.717, 1.165) is 68.0 Å². The van der Waals surface area contributed by atoms with Gasteiger partial charge in [-0.3, -0.25) is 4.79 Å². The maximum Gasteiger partial charge on any atom is 0.251 e. The lowest BCUT2D eigenvalue weighted by Crippen LogP contribution is -2.44. The number of anilines is 1. The number of carbonyl (C=O) groups is 1. The molecule has 0 radical (unpaired) electrons. The highest BCUT2D eigenvalue weighted by atomic mass is 16.1. The van der Waals surface area contributed by atoms with Crippen molar-refractivity contribution in [2.75, 3.05) is 38.6 Å². The van der Waals surface area contributed by atoms with Crippen LogP contribution in [0.3, 0.4) is 0 Å². The topological polar surface area (TPSA) is 79.2 Å². The molecule has 1 aliphatic heterocycles. The summed E-state index contributed by atoms with van der Waals surface area (Å²) in [6.45, 7) is 3.93. The molecule has 0 aliphatic carbocycles. The molecule has 1 amide bonds. The fourth-order valence-electron chi connectivity index (χ4n) is 3.98. The van der Waals surface area contributed by atoms with E-state index in [1.54, 1.807) is 6.33 Å².